The molecule has 0 unspecified atom stereocenters. The number of rotatable bonds is 5. The molecule has 0 aliphatic carbocycles. The molecular formula is C15H19NO3. The van der Waals surface area contributed by atoms with Gasteiger partial charge in [0, 0.05) is 6.42 Å². The third-order valence-electron chi connectivity index (χ3n) is 3.88. The van der Waals surface area contributed by atoms with Gasteiger partial charge in [-0.1, -0.05) is 19.9 Å². The van der Waals surface area contributed by atoms with Crippen molar-refractivity contribution in [1.29, 1.82) is 0 Å². The van der Waals surface area contributed by atoms with Gasteiger partial charge in [-0.05, 0) is 37.5 Å². The second-order valence-electron chi connectivity index (χ2n) is 5.05. The number of carbonyl (C=O) groups is 1. The van der Waals surface area contributed by atoms with E-state index in [9.17, 15) is 9.90 Å². The fraction of sp³-hybridized carbons (Fsp3) is 0.467. The van der Waals surface area contributed by atoms with Gasteiger partial charge in [0.2, 0.25) is 0 Å². The van der Waals surface area contributed by atoms with Crippen molar-refractivity contribution in [2.45, 2.75) is 40.0 Å². The minimum Gasteiger partial charge on any atom is -0.481 e. The molecule has 2 rings (SSSR count). The van der Waals surface area contributed by atoms with E-state index in [-0.39, 0.29) is 0 Å². The van der Waals surface area contributed by atoms with E-state index < -0.39 is 11.4 Å². The molecule has 0 spiro atoms. The van der Waals surface area contributed by atoms with Gasteiger partial charge < -0.3 is 9.52 Å². The van der Waals surface area contributed by atoms with E-state index in [2.05, 4.69) is 4.98 Å². The number of nitrogens with zero attached hydrogens (tertiary/aromatic N) is 1. The van der Waals surface area contributed by atoms with Gasteiger partial charge in [-0.3, -0.25) is 4.79 Å². The molecule has 2 aromatic rings. The van der Waals surface area contributed by atoms with Gasteiger partial charge in [-0.2, -0.15) is 0 Å². The number of benzene rings is 1. The lowest BCUT2D eigenvalue weighted by atomic mass is 9.79. The molecule has 0 saturated carbocycles. The second-order valence-corrected chi connectivity index (χ2v) is 5.05. The molecule has 1 aromatic carbocycles. The van der Waals surface area contributed by atoms with E-state index in [1.807, 2.05) is 39.0 Å². The standard InChI is InChI=1S/C15H19NO3/c1-4-15(5-2,14(17)18)9-13-16-11-8-10(3)6-7-12(11)19-13/h6-8H,4-5,9H2,1-3H3,(H,17,18). The summed E-state index contributed by atoms with van der Waals surface area (Å²) in [7, 11) is 0. The predicted octanol–water partition coefficient (Wildman–Crippen LogP) is 3.57. The molecule has 0 fully saturated rings. The molecule has 4 heteroatoms. The molecule has 1 N–H and O–H groups in total. The van der Waals surface area contributed by atoms with E-state index in [1.165, 1.54) is 0 Å². The highest BCUT2D eigenvalue weighted by molar-refractivity contribution is 5.76. The van der Waals surface area contributed by atoms with Gasteiger partial charge >= 0.3 is 5.97 Å². The first-order valence-electron chi connectivity index (χ1n) is 6.60. The number of hydrogen-bond acceptors (Lipinski definition) is 3. The quantitative estimate of drug-likeness (QED) is 0.893. The lowest BCUT2D eigenvalue weighted by Crippen LogP contribution is -2.32. The van der Waals surface area contributed by atoms with Gasteiger partial charge in [0.25, 0.3) is 0 Å². The molecule has 19 heavy (non-hydrogen) atoms. The van der Waals surface area contributed by atoms with Gasteiger partial charge in [0.15, 0.2) is 11.5 Å². The maximum Gasteiger partial charge on any atom is 0.310 e. The normalized spacial score (nSPS) is 11.9. The summed E-state index contributed by atoms with van der Waals surface area (Å²) in [6.45, 7) is 5.78. The zero-order chi connectivity index (χ0) is 14.0. The summed E-state index contributed by atoms with van der Waals surface area (Å²) in [6.07, 6.45) is 1.47. The number of aromatic nitrogens is 1. The molecule has 0 atom stereocenters. The Bertz CT molecular complexity index is 596. The molecule has 0 radical (unpaired) electrons. The van der Waals surface area contributed by atoms with Crippen LogP contribution in [0.2, 0.25) is 0 Å². The van der Waals surface area contributed by atoms with E-state index >= 15 is 0 Å². The Morgan fingerprint density at radius 1 is 1.37 bits per heavy atom. The summed E-state index contributed by atoms with van der Waals surface area (Å²) in [5.74, 6) is -0.275. The van der Waals surface area contributed by atoms with Gasteiger partial charge in [0.1, 0.15) is 5.52 Å². The molecule has 1 aromatic heterocycles. The average Bonchev–Trinajstić information content (AvgIpc) is 2.77. The van der Waals surface area contributed by atoms with Crippen LogP contribution in [-0.4, -0.2) is 16.1 Å². The Hall–Kier alpha value is -1.84. The van der Waals surface area contributed by atoms with E-state index in [0.29, 0.717) is 30.7 Å². The zero-order valence-electron chi connectivity index (χ0n) is 11.6. The van der Waals surface area contributed by atoms with Gasteiger partial charge in [0.05, 0.1) is 5.41 Å². The molecule has 102 valence electrons. The number of carboxylic acids is 1. The number of aliphatic carboxylic acids is 1. The minimum atomic E-state index is -0.782. The predicted molar refractivity (Wildman–Crippen MR) is 73.1 cm³/mol. The van der Waals surface area contributed by atoms with E-state index in [4.69, 9.17) is 4.42 Å². The molecule has 4 nitrogen and oxygen atoms in total. The number of fused-ring (bicyclic) bond motifs is 1. The van der Waals surface area contributed by atoms with E-state index in [1.54, 1.807) is 0 Å². The van der Waals surface area contributed by atoms with Gasteiger partial charge in [-0.25, -0.2) is 4.98 Å². The second kappa shape index (κ2) is 5.03. The molecule has 0 aliphatic rings. The third kappa shape index (κ3) is 2.48. The Balaban J connectivity index is 2.36. The van der Waals surface area contributed by atoms with Crippen molar-refractivity contribution in [3.8, 4) is 0 Å². The summed E-state index contributed by atoms with van der Waals surface area (Å²) in [5, 5.41) is 9.43. The molecule has 1 heterocycles. The van der Waals surface area contributed by atoms with Crippen molar-refractivity contribution >= 4 is 17.1 Å². The Morgan fingerprint density at radius 2 is 2.05 bits per heavy atom. The Morgan fingerprint density at radius 3 is 2.63 bits per heavy atom. The highest BCUT2D eigenvalue weighted by atomic mass is 16.4. The fourth-order valence-electron chi connectivity index (χ4n) is 2.33. The molecule has 0 saturated heterocycles. The van der Waals surface area contributed by atoms with Crippen LogP contribution in [0.25, 0.3) is 11.1 Å². The van der Waals surface area contributed by atoms with Crippen LogP contribution >= 0.6 is 0 Å². The fourth-order valence-corrected chi connectivity index (χ4v) is 2.33. The zero-order valence-corrected chi connectivity index (χ0v) is 11.6. The van der Waals surface area contributed by atoms with Crippen molar-refractivity contribution in [2.24, 2.45) is 5.41 Å². The van der Waals surface area contributed by atoms with Crippen LogP contribution in [0.3, 0.4) is 0 Å². The molecule has 0 amide bonds. The van der Waals surface area contributed by atoms with Crippen LogP contribution in [-0.2, 0) is 11.2 Å². The Labute approximate surface area is 112 Å². The SMILES string of the molecule is CCC(CC)(Cc1nc2cc(C)ccc2o1)C(=O)O. The highest BCUT2D eigenvalue weighted by Gasteiger charge is 2.36. The minimum absolute atomic E-state index is 0.336. The first-order valence-corrected chi connectivity index (χ1v) is 6.60. The van der Waals surface area contributed by atoms with E-state index in [0.717, 1.165) is 11.1 Å². The van der Waals surface area contributed by atoms with Crippen molar-refractivity contribution in [1.82, 2.24) is 4.98 Å². The van der Waals surface area contributed by atoms with Crippen LogP contribution < -0.4 is 0 Å². The number of carboxylic acid groups (broad SMARTS) is 1. The number of hydrogen-bond donors (Lipinski definition) is 1. The third-order valence-corrected chi connectivity index (χ3v) is 3.88. The lowest BCUT2D eigenvalue weighted by Gasteiger charge is -2.24. The maximum atomic E-state index is 11.5. The summed E-state index contributed by atoms with van der Waals surface area (Å²) in [5.41, 5.74) is 1.84. The highest BCUT2D eigenvalue weighted by Crippen LogP contribution is 2.32. The molecular weight excluding hydrogens is 242 g/mol. The number of oxazole rings is 1. The molecule has 0 bridgehead atoms. The number of aryl methyl sites for hydroxylation is 1. The average molecular weight is 261 g/mol. The van der Waals surface area contributed by atoms with Crippen molar-refractivity contribution in [3.63, 3.8) is 0 Å². The largest absolute Gasteiger partial charge is 0.481 e. The summed E-state index contributed by atoms with van der Waals surface area (Å²) in [6, 6.07) is 5.78. The monoisotopic (exact) mass is 261 g/mol. The van der Waals surface area contributed by atoms with Gasteiger partial charge in [-0.15, -0.1) is 0 Å². The van der Waals surface area contributed by atoms with Crippen molar-refractivity contribution in [3.05, 3.63) is 29.7 Å². The Kier molecular flexibility index (Phi) is 3.60. The lowest BCUT2D eigenvalue weighted by molar-refractivity contribution is -0.149. The molecule has 0 aliphatic heterocycles. The summed E-state index contributed by atoms with van der Waals surface area (Å²) >= 11 is 0. The van der Waals surface area contributed by atoms with Crippen molar-refractivity contribution < 1.29 is 14.3 Å². The van der Waals surface area contributed by atoms with Crippen LogP contribution in [0, 0.1) is 12.3 Å². The topological polar surface area (TPSA) is 63.3 Å². The first kappa shape index (κ1) is 13.6. The van der Waals surface area contributed by atoms with Crippen LogP contribution in [0.1, 0.15) is 38.1 Å². The summed E-state index contributed by atoms with van der Waals surface area (Å²) in [4.78, 5) is 15.9. The summed E-state index contributed by atoms with van der Waals surface area (Å²) < 4.78 is 5.66. The van der Waals surface area contributed by atoms with Crippen LogP contribution in [0.15, 0.2) is 22.6 Å². The first-order chi connectivity index (χ1) is 9.00. The smallest absolute Gasteiger partial charge is 0.310 e. The maximum absolute atomic E-state index is 11.5. The van der Waals surface area contributed by atoms with Crippen molar-refractivity contribution in [2.75, 3.05) is 0 Å². The van der Waals surface area contributed by atoms with Crippen LogP contribution in [0.5, 0.6) is 0 Å². The van der Waals surface area contributed by atoms with Crippen LogP contribution in [0.4, 0.5) is 0 Å².